The van der Waals surface area contributed by atoms with E-state index in [0.29, 0.717) is 28.5 Å². The highest BCUT2D eigenvalue weighted by atomic mass is 32.1. The van der Waals surface area contributed by atoms with Gasteiger partial charge in [0.15, 0.2) is 0 Å². The highest BCUT2D eigenvalue weighted by Crippen LogP contribution is 2.20. The summed E-state index contributed by atoms with van der Waals surface area (Å²) < 4.78 is 3.81. The minimum absolute atomic E-state index is 0.125. The van der Waals surface area contributed by atoms with Crippen LogP contribution in [0, 0.1) is 6.92 Å². The lowest BCUT2D eigenvalue weighted by Gasteiger charge is -2.22. The molecule has 0 aliphatic carbocycles. The van der Waals surface area contributed by atoms with E-state index in [1.807, 2.05) is 30.3 Å². The van der Waals surface area contributed by atoms with Crippen LogP contribution in [0.4, 0.5) is 5.69 Å². The van der Waals surface area contributed by atoms with Gasteiger partial charge in [-0.15, -0.1) is 5.10 Å². The van der Waals surface area contributed by atoms with Gasteiger partial charge in [0.25, 0.3) is 5.91 Å². The van der Waals surface area contributed by atoms with E-state index in [2.05, 4.69) is 9.59 Å². The van der Waals surface area contributed by atoms with Crippen LogP contribution in [0.3, 0.4) is 0 Å². The molecule has 0 aliphatic rings. The lowest BCUT2D eigenvalue weighted by Crippen LogP contribution is -2.33. The van der Waals surface area contributed by atoms with E-state index in [1.54, 1.807) is 11.8 Å². The summed E-state index contributed by atoms with van der Waals surface area (Å²) >= 11 is 5.99. The van der Waals surface area contributed by atoms with Crippen LogP contribution >= 0.6 is 23.8 Å². The van der Waals surface area contributed by atoms with Gasteiger partial charge in [0.05, 0.1) is 10.7 Å². The lowest BCUT2D eigenvalue weighted by atomic mass is 10.2. The topological polar surface area (TPSA) is 72.1 Å². The molecule has 1 aromatic carbocycles. The Morgan fingerprint density at radius 2 is 2.10 bits per heavy atom. The van der Waals surface area contributed by atoms with Crippen LogP contribution in [0.25, 0.3) is 0 Å². The molecule has 2 rings (SSSR count). The Morgan fingerprint density at radius 3 is 2.65 bits per heavy atom. The second-order valence-electron chi connectivity index (χ2n) is 4.20. The predicted molar refractivity (Wildman–Crippen MR) is 84.2 cm³/mol. The van der Waals surface area contributed by atoms with Crippen molar-refractivity contribution in [3.63, 3.8) is 0 Å². The number of hydrogen-bond acceptors (Lipinski definition) is 5. The van der Waals surface area contributed by atoms with Gasteiger partial charge in [-0.25, -0.2) is 0 Å². The molecule has 0 saturated carbocycles. The molecule has 20 heavy (non-hydrogen) atoms. The smallest absolute Gasteiger partial charge is 0.271 e. The quantitative estimate of drug-likeness (QED) is 0.857. The zero-order valence-electron chi connectivity index (χ0n) is 10.9. The number of thiocarbonyl (C=S) groups is 1. The van der Waals surface area contributed by atoms with Crippen LogP contribution in [0.15, 0.2) is 30.3 Å². The first-order chi connectivity index (χ1) is 9.59. The van der Waals surface area contributed by atoms with Gasteiger partial charge in [-0.1, -0.05) is 34.9 Å². The Hall–Kier alpha value is -1.86. The van der Waals surface area contributed by atoms with E-state index < -0.39 is 0 Å². The van der Waals surface area contributed by atoms with Crippen molar-refractivity contribution in [2.24, 2.45) is 5.73 Å². The Bertz CT molecular complexity index is 612. The molecule has 1 amide bonds. The third kappa shape index (κ3) is 3.37. The third-order valence-electron chi connectivity index (χ3n) is 2.74. The molecule has 0 spiro atoms. The van der Waals surface area contributed by atoms with E-state index in [1.165, 1.54) is 0 Å². The molecule has 1 aromatic heterocycles. The number of aromatic nitrogens is 2. The molecule has 104 valence electrons. The summed E-state index contributed by atoms with van der Waals surface area (Å²) in [7, 11) is 0. The molecule has 1 heterocycles. The maximum atomic E-state index is 12.6. The van der Waals surface area contributed by atoms with Crippen molar-refractivity contribution < 1.29 is 4.79 Å². The maximum absolute atomic E-state index is 12.6. The molecule has 0 aliphatic heterocycles. The van der Waals surface area contributed by atoms with Gasteiger partial charge in [0.1, 0.15) is 4.88 Å². The first kappa shape index (κ1) is 14.5. The number of hydrogen-bond donors (Lipinski definition) is 1. The number of carbonyl (C=O) groups excluding carboxylic acids is 1. The van der Waals surface area contributed by atoms with Crippen molar-refractivity contribution in [3.8, 4) is 0 Å². The summed E-state index contributed by atoms with van der Waals surface area (Å²) in [5.74, 6) is -0.125. The van der Waals surface area contributed by atoms with Gasteiger partial charge in [-0.3, -0.25) is 4.79 Å². The SMILES string of the molecule is Cc1nnsc1C(=O)N(CCC(N)=S)c1ccccc1. The fourth-order valence-corrected chi connectivity index (χ4v) is 2.43. The molecular weight excluding hydrogens is 292 g/mol. The molecule has 5 nitrogen and oxygen atoms in total. The number of carbonyl (C=O) groups is 1. The normalized spacial score (nSPS) is 10.2. The maximum Gasteiger partial charge on any atom is 0.271 e. The second kappa shape index (κ2) is 6.53. The molecule has 0 unspecified atom stereocenters. The number of benzene rings is 1. The summed E-state index contributed by atoms with van der Waals surface area (Å²) in [6.45, 7) is 2.21. The number of nitrogens with two attached hydrogens (primary N) is 1. The molecule has 0 radical (unpaired) electrons. The van der Waals surface area contributed by atoms with Gasteiger partial charge in [-0.05, 0) is 30.6 Å². The fraction of sp³-hybridized carbons (Fsp3) is 0.231. The standard InChI is InChI=1S/C13H14N4OS2/c1-9-12(20-16-15-9)13(18)17(8-7-11(14)19)10-5-3-2-4-6-10/h2-6H,7-8H2,1H3,(H2,14,19). The van der Waals surface area contributed by atoms with Crippen molar-refractivity contribution in [3.05, 3.63) is 40.9 Å². The van der Waals surface area contributed by atoms with Crippen molar-refractivity contribution in [1.82, 2.24) is 9.59 Å². The predicted octanol–water partition coefficient (Wildman–Crippen LogP) is 2.17. The Kier molecular flexibility index (Phi) is 4.75. The monoisotopic (exact) mass is 306 g/mol. The summed E-state index contributed by atoms with van der Waals surface area (Å²) in [4.78, 5) is 15.2. The van der Waals surface area contributed by atoms with Crippen LogP contribution in [0.1, 0.15) is 21.8 Å². The third-order valence-corrected chi connectivity index (χ3v) is 3.76. The van der Waals surface area contributed by atoms with Crippen molar-refractivity contribution in [1.29, 1.82) is 0 Å². The van der Waals surface area contributed by atoms with Crippen molar-refractivity contribution in [2.75, 3.05) is 11.4 Å². The van der Waals surface area contributed by atoms with Gasteiger partial charge in [-0.2, -0.15) is 0 Å². The zero-order chi connectivity index (χ0) is 14.5. The summed E-state index contributed by atoms with van der Waals surface area (Å²) in [6, 6.07) is 9.42. The number of rotatable bonds is 5. The van der Waals surface area contributed by atoms with Gasteiger partial charge in [0.2, 0.25) is 0 Å². The molecule has 0 saturated heterocycles. The highest BCUT2D eigenvalue weighted by molar-refractivity contribution is 7.80. The zero-order valence-corrected chi connectivity index (χ0v) is 12.6. The van der Waals surface area contributed by atoms with Crippen LogP contribution in [-0.2, 0) is 0 Å². The molecule has 0 bridgehead atoms. The van der Waals surface area contributed by atoms with Crippen molar-refractivity contribution in [2.45, 2.75) is 13.3 Å². The largest absolute Gasteiger partial charge is 0.393 e. The van der Waals surface area contributed by atoms with Gasteiger partial charge in [0, 0.05) is 18.7 Å². The van der Waals surface area contributed by atoms with E-state index in [9.17, 15) is 4.79 Å². The van der Waals surface area contributed by atoms with E-state index in [4.69, 9.17) is 18.0 Å². The minimum atomic E-state index is -0.125. The number of nitrogens with zero attached hydrogens (tertiary/aromatic N) is 3. The average Bonchev–Trinajstić information content (AvgIpc) is 2.86. The Morgan fingerprint density at radius 1 is 1.40 bits per heavy atom. The molecule has 2 aromatic rings. The first-order valence-corrected chi connectivity index (χ1v) is 7.22. The first-order valence-electron chi connectivity index (χ1n) is 6.03. The summed E-state index contributed by atoms with van der Waals surface area (Å²) in [5, 5.41) is 3.88. The number of aryl methyl sites for hydroxylation is 1. The number of para-hydroxylation sites is 1. The molecule has 2 N–H and O–H groups in total. The van der Waals surface area contributed by atoms with Gasteiger partial charge < -0.3 is 10.6 Å². The van der Waals surface area contributed by atoms with Crippen LogP contribution in [-0.4, -0.2) is 27.0 Å². The van der Waals surface area contributed by atoms with E-state index in [-0.39, 0.29) is 5.91 Å². The average molecular weight is 306 g/mol. The lowest BCUT2D eigenvalue weighted by molar-refractivity contribution is 0.0991. The van der Waals surface area contributed by atoms with Crippen molar-refractivity contribution >= 4 is 40.3 Å². The fourth-order valence-electron chi connectivity index (χ4n) is 1.73. The van der Waals surface area contributed by atoms with Crippen LogP contribution in [0.2, 0.25) is 0 Å². The molecule has 7 heteroatoms. The van der Waals surface area contributed by atoms with Gasteiger partial charge >= 0.3 is 0 Å². The molecular formula is C13H14N4OS2. The molecule has 0 fully saturated rings. The summed E-state index contributed by atoms with van der Waals surface area (Å²) in [6.07, 6.45) is 0.473. The second-order valence-corrected chi connectivity index (χ2v) is 5.47. The Balaban J connectivity index is 2.29. The Labute approximate surface area is 126 Å². The number of anilines is 1. The van der Waals surface area contributed by atoms with E-state index in [0.717, 1.165) is 17.2 Å². The number of amides is 1. The molecule has 0 atom stereocenters. The summed E-state index contributed by atoms with van der Waals surface area (Å²) in [5.41, 5.74) is 6.98. The van der Waals surface area contributed by atoms with Crippen LogP contribution < -0.4 is 10.6 Å². The highest BCUT2D eigenvalue weighted by Gasteiger charge is 2.21. The van der Waals surface area contributed by atoms with E-state index >= 15 is 0 Å². The minimum Gasteiger partial charge on any atom is -0.393 e. The van der Waals surface area contributed by atoms with Crippen LogP contribution in [0.5, 0.6) is 0 Å².